The van der Waals surface area contributed by atoms with Crippen molar-refractivity contribution < 1.29 is 29.6 Å². The maximum Gasteiger partial charge on any atom is 0.370 e. The molecule has 0 radical (unpaired) electrons. The van der Waals surface area contributed by atoms with E-state index >= 15 is 0 Å². The summed E-state index contributed by atoms with van der Waals surface area (Å²) in [5.41, 5.74) is 0. The molecule has 1 aliphatic heterocycles. The molecule has 2 N–H and O–H groups in total. The number of carboxylic acids is 2. The highest BCUT2D eigenvalue weighted by molar-refractivity contribution is 5.77. The van der Waals surface area contributed by atoms with Crippen LogP contribution >= 0.6 is 0 Å². The Labute approximate surface area is 99.5 Å². The van der Waals surface area contributed by atoms with Gasteiger partial charge in [-0.3, -0.25) is 4.79 Å². The summed E-state index contributed by atoms with van der Waals surface area (Å²) in [6.07, 6.45) is 3.45. The van der Waals surface area contributed by atoms with E-state index in [4.69, 9.17) is 10.2 Å². The zero-order valence-corrected chi connectivity index (χ0v) is 9.85. The summed E-state index contributed by atoms with van der Waals surface area (Å²) in [4.78, 5) is 30.7. The van der Waals surface area contributed by atoms with Gasteiger partial charge in [-0.15, -0.1) is 0 Å². The Morgan fingerprint density at radius 3 is 2.18 bits per heavy atom. The monoisotopic (exact) mass is 246 g/mol. The van der Waals surface area contributed by atoms with Crippen molar-refractivity contribution in [3.8, 4) is 0 Å². The molecule has 0 aliphatic carbocycles. The van der Waals surface area contributed by atoms with Crippen molar-refractivity contribution in [3.63, 3.8) is 0 Å². The van der Waals surface area contributed by atoms with Crippen molar-refractivity contribution in [1.29, 1.82) is 0 Å². The van der Waals surface area contributed by atoms with Crippen LogP contribution in [0.15, 0.2) is 0 Å². The number of unbranched alkanes of at least 4 members (excludes halogenated alkanes) is 1. The largest absolute Gasteiger partial charge is 0.481 e. The lowest BCUT2D eigenvalue weighted by Crippen LogP contribution is -2.33. The van der Waals surface area contributed by atoms with Crippen LogP contribution < -0.4 is 0 Å². The van der Waals surface area contributed by atoms with Gasteiger partial charge >= 0.3 is 17.7 Å². The maximum absolute atomic E-state index is 11.0. The first kappa shape index (κ1) is 13.9. The lowest BCUT2D eigenvalue weighted by molar-refractivity contribution is -0.147. The van der Waals surface area contributed by atoms with E-state index in [0.717, 1.165) is 12.8 Å². The van der Waals surface area contributed by atoms with Crippen LogP contribution in [0.5, 0.6) is 0 Å². The van der Waals surface area contributed by atoms with Crippen LogP contribution in [-0.4, -0.2) is 27.9 Å². The van der Waals surface area contributed by atoms with Gasteiger partial charge in [0.15, 0.2) is 0 Å². The smallest absolute Gasteiger partial charge is 0.370 e. The van der Waals surface area contributed by atoms with Gasteiger partial charge in [-0.1, -0.05) is 19.8 Å². The molecule has 1 unspecified atom stereocenters. The third-order valence-electron chi connectivity index (χ3n) is 2.95. The van der Waals surface area contributed by atoms with Crippen LogP contribution in [0, 0.1) is 5.92 Å². The minimum atomic E-state index is -1.52. The van der Waals surface area contributed by atoms with Crippen molar-refractivity contribution >= 4 is 11.9 Å². The summed E-state index contributed by atoms with van der Waals surface area (Å²) in [5.74, 6) is -3.80. The van der Waals surface area contributed by atoms with E-state index in [1.54, 1.807) is 0 Å². The molecular formula is C11H18O6. The van der Waals surface area contributed by atoms with Crippen LogP contribution in [-0.2, 0) is 19.4 Å². The Balaban J connectivity index is 2.49. The summed E-state index contributed by atoms with van der Waals surface area (Å²) in [6.45, 7) is 2.01. The van der Waals surface area contributed by atoms with E-state index in [0.29, 0.717) is 19.3 Å². The molecule has 1 saturated heterocycles. The summed E-state index contributed by atoms with van der Waals surface area (Å²) < 4.78 is 0. The molecule has 0 saturated carbocycles. The van der Waals surface area contributed by atoms with Gasteiger partial charge in [0, 0.05) is 12.3 Å². The van der Waals surface area contributed by atoms with Crippen molar-refractivity contribution in [2.75, 3.05) is 0 Å². The molecule has 6 nitrogen and oxygen atoms in total. The molecule has 0 spiro atoms. The Bertz CT molecular complexity index is 284. The fourth-order valence-corrected chi connectivity index (χ4v) is 1.90. The van der Waals surface area contributed by atoms with E-state index in [1.807, 2.05) is 6.92 Å². The molecule has 1 rings (SSSR count). The zero-order valence-electron chi connectivity index (χ0n) is 9.85. The Kier molecular flexibility index (Phi) is 4.89. The van der Waals surface area contributed by atoms with Gasteiger partial charge in [0.1, 0.15) is 0 Å². The summed E-state index contributed by atoms with van der Waals surface area (Å²) in [6, 6.07) is 0. The lowest BCUT2D eigenvalue weighted by Gasteiger charge is -2.16. The van der Waals surface area contributed by atoms with E-state index < -0.39 is 17.7 Å². The van der Waals surface area contributed by atoms with E-state index in [-0.39, 0.29) is 12.3 Å². The number of carboxylic acid groups (broad SMARTS) is 2. The Hall–Kier alpha value is -1.14. The molecule has 1 heterocycles. The molecule has 6 heteroatoms. The van der Waals surface area contributed by atoms with Crippen molar-refractivity contribution in [3.05, 3.63) is 0 Å². The van der Waals surface area contributed by atoms with Crippen LogP contribution in [0.25, 0.3) is 0 Å². The molecule has 0 amide bonds. The Morgan fingerprint density at radius 1 is 1.18 bits per heavy atom. The first-order valence-electron chi connectivity index (χ1n) is 5.85. The summed E-state index contributed by atoms with van der Waals surface area (Å²) in [7, 11) is 0. The average molecular weight is 246 g/mol. The van der Waals surface area contributed by atoms with Crippen molar-refractivity contribution in [2.45, 2.75) is 51.2 Å². The van der Waals surface area contributed by atoms with Crippen LogP contribution in [0.1, 0.15) is 45.4 Å². The molecule has 17 heavy (non-hydrogen) atoms. The lowest BCUT2D eigenvalue weighted by atomic mass is 9.89. The normalized spacial score (nSPS) is 18.6. The first-order valence-corrected chi connectivity index (χ1v) is 5.85. The predicted molar refractivity (Wildman–Crippen MR) is 57.0 cm³/mol. The number of rotatable bonds is 9. The molecule has 0 bridgehead atoms. The highest BCUT2D eigenvalue weighted by Crippen LogP contribution is 2.42. The zero-order chi connectivity index (χ0) is 12.9. The summed E-state index contributed by atoms with van der Waals surface area (Å²) in [5, 5.41) is 17.6. The quantitative estimate of drug-likeness (QED) is 0.475. The fraction of sp³-hybridized carbons (Fsp3) is 0.818. The molecule has 0 aromatic heterocycles. The highest BCUT2D eigenvalue weighted by Gasteiger charge is 2.62. The Morgan fingerprint density at radius 2 is 1.76 bits per heavy atom. The van der Waals surface area contributed by atoms with Crippen LogP contribution in [0.4, 0.5) is 0 Å². The predicted octanol–water partition coefficient (Wildman–Crippen LogP) is 1.79. The molecular weight excluding hydrogens is 228 g/mol. The van der Waals surface area contributed by atoms with Gasteiger partial charge in [0.25, 0.3) is 0 Å². The first-order chi connectivity index (χ1) is 8.03. The van der Waals surface area contributed by atoms with Crippen LogP contribution in [0.3, 0.4) is 0 Å². The second kappa shape index (κ2) is 5.97. The number of hydrogen-bond donors (Lipinski definition) is 2. The minimum absolute atomic E-state index is 0.0400. The molecule has 1 atom stereocenters. The van der Waals surface area contributed by atoms with Gasteiger partial charge < -0.3 is 10.2 Å². The second-order valence-corrected chi connectivity index (χ2v) is 4.26. The van der Waals surface area contributed by atoms with Crippen LogP contribution in [0.2, 0.25) is 0 Å². The average Bonchev–Trinajstić information content (AvgIpc) is 3.03. The number of hydrogen-bond acceptors (Lipinski definition) is 4. The molecule has 98 valence electrons. The standard InChI is InChI=1S/C11H18O6/c1-2-3-5-8(6-4-7-9(12)13)11(10(14)15)16-17-11/h8H,2-7H2,1H3,(H,12,13)(H,14,15). The maximum atomic E-state index is 11.0. The summed E-state index contributed by atoms with van der Waals surface area (Å²) >= 11 is 0. The van der Waals surface area contributed by atoms with Gasteiger partial charge in [-0.05, 0) is 19.3 Å². The van der Waals surface area contributed by atoms with Crippen molar-refractivity contribution in [2.24, 2.45) is 5.92 Å². The van der Waals surface area contributed by atoms with Crippen molar-refractivity contribution in [1.82, 2.24) is 0 Å². The van der Waals surface area contributed by atoms with Gasteiger partial charge in [0.05, 0.1) is 0 Å². The topological polar surface area (TPSA) is 99.7 Å². The minimum Gasteiger partial charge on any atom is -0.481 e. The highest BCUT2D eigenvalue weighted by atomic mass is 17.4. The van der Waals surface area contributed by atoms with Gasteiger partial charge in [-0.2, -0.15) is 9.78 Å². The third-order valence-corrected chi connectivity index (χ3v) is 2.95. The molecule has 0 aromatic carbocycles. The van der Waals surface area contributed by atoms with E-state index in [9.17, 15) is 9.59 Å². The SMILES string of the molecule is CCCCC(CCCC(=O)O)C1(C(=O)O)OO1. The van der Waals surface area contributed by atoms with Gasteiger partial charge in [-0.25, -0.2) is 4.79 Å². The second-order valence-electron chi connectivity index (χ2n) is 4.26. The fourth-order valence-electron chi connectivity index (χ4n) is 1.90. The molecule has 0 aromatic rings. The van der Waals surface area contributed by atoms with E-state index in [2.05, 4.69) is 9.78 Å². The third kappa shape index (κ3) is 3.67. The number of carbonyl (C=O) groups is 2. The van der Waals surface area contributed by atoms with Gasteiger partial charge in [0.2, 0.25) is 0 Å². The molecule has 1 fully saturated rings. The molecule has 1 aliphatic rings. The number of aliphatic carboxylic acids is 2. The van der Waals surface area contributed by atoms with E-state index in [1.165, 1.54) is 0 Å².